The van der Waals surface area contributed by atoms with Gasteiger partial charge in [-0.05, 0) is 49.7 Å². The molecule has 3 rings (SSSR count). The second-order valence-corrected chi connectivity index (χ2v) is 9.80. The minimum atomic E-state index is -3.81. The number of amides is 1. The fourth-order valence-electron chi connectivity index (χ4n) is 3.58. The van der Waals surface area contributed by atoms with Crippen LogP contribution in [0.2, 0.25) is 0 Å². The Balaban J connectivity index is 1.91. The second kappa shape index (κ2) is 9.38. The van der Waals surface area contributed by atoms with Gasteiger partial charge in [0.25, 0.3) is 5.91 Å². The van der Waals surface area contributed by atoms with Crippen LogP contribution in [0.1, 0.15) is 43.6 Å². The van der Waals surface area contributed by atoms with Crippen LogP contribution >= 0.6 is 0 Å². The highest BCUT2D eigenvalue weighted by Gasteiger charge is 2.29. The average molecular weight is 463 g/mol. The lowest BCUT2D eigenvalue weighted by molar-refractivity contribution is 0.0911. The monoisotopic (exact) mass is 462 g/mol. The first-order chi connectivity index (χ1) is 15.1. The summed E-state index contributed by atoms with van der Waals surface area (Å²) in [5, 5.41) is 2.98. The zero-order chi connectivity index (χ0) is 23.5. The first-order valence-electron chi connectivity index (χ1n) is 10.5. The molecule has 0 unspecified atom stereocenters. The number of carbonyl (C=O) groups excluding carboxylic acids is 1. The maximum Gasteiger partial charge on any atom is 0.252 e. The van der Waals surface area contributed by atoms with E-state index in [0.29, 0.717) is 37.8 Å². The highest BCUT2D eigenvalue weighted by molar-refractivity contribution is 7.89. The standard InChI is InChI=1S/C23H30N2O6S/c1-6-25(7-2)32(27,28)21-14-16(8-10-19(21)29-5)22(26)24-23(3,4)17-9-11-18-20(15-17)31-13-12-30-18/h8-11,14-15H,6-7,12-13H2,1-5H3,(H,24,26). The van der Waals surface area contributed by atoms with Gasteiger partial charge >= 0.3 is 0 Å². The first-order valence-corrected chi connectivity index (χ1v) is 12.0. The molecule has 174 valence electrons. The van der Waals surface area contributed by atoms with Gasteiger partial charge in [-0.2, -0.15) is 4.31 Å². The van der Waals surface area contributed by atoms with Gasteiger partial charge in [0.1, 0.15) is 23.9 Å². The van der Waals surface area contributed by atoms with Crippen LogP contribution in [0.15, 0.2) is 41.3 Å². The fourth-order valence-corrected chi connectivity index (χ4v) is 5.22. The van der Waals surface area contributed by atoms with Crippen LogP contribution in [0.25, 0.3) is 0 Å². The van der Waals surface area contributed by atoms with Gasteiger partial charge in [-0.25, -0.2) is 8.42 Å². The molecule has 1 N–H and O–H groups in total. The van der Waals surface area contributed by atoms with Crippen LogP contribution in [0.4, 0.5) is 0 Å². The fraction of sp³-hybridized carbons (Fsp3) is 0.435. The Morgan fingerprint density at radius 2 is 1.72 bits per heavy atom. The van der Waals surface area contributed by atoms with Crippen molar-refractivity contribution in [1.29, 1.82) is 0 Å². The van der Waals surface area contributed by atoms with E-state index in [9.17, 15) is 13.2 Å². The van der Waals surface area contributed by atoms with Crippen molar-refractivity contribution in [2.45, 2.75) is 38.1 Å². The Morgan fingerprint density at radius 3 is 2.34 bits per heavy atom. The Bertz CT molecular complexity index is 1090. The summed E-state index contributed by atoms with van der Waals surface area (Å²) in [6, 6.07) is 9.95. The summed E-state index contributed by atoms with van der Waals surface area (Å²) in [6.07, 6.45) is 0. The largest absolute Gasteiger partial charge is 0.495 e. The normalized spacial score (nSPS) is 13.7. The molecule has 1 aliphatic heterocycles. The van der Waals surface area contributed by atoms with E-state index in [1.165, 1.54) is 23.5 Å². The molecule has 1 heterocycles. The Hall–Kier alpha value is -2.78. The summed E-state index contributed by atoms with van der Waals surface area (Å²) in [6.45, 7) is 8.87. The number of nitrogens with zero attached hydrogens (tertiary/aromatic N) is 1. The van der Waals surface area contributed by atoms with E-state index in [4.69, 9.17) is 14.2 Å². The van der Waals surface area contributed by atoms with Crippen molar-refractivity contribution >= 4 is 15.9 Å². The molecule has 0 saturated carbocycles. The molecular formula is C23H30N2O6S. The number of sulfonamides is 1. The van der Waals surface area contributed by atoms with Crippen LogP contribution in [0.5, 0.6) is 17.2 Å². The molecule has 32 heavy (non-hydrogen) atoms. The maximum absolute atomic E-state index is 13.1. The quantitative estimate of drug-likeness (QED) is 0.648. The van der Waals surface area contributed by atoms with Gasteiger partial charge in [0.05, 0.1) is 12.6 Å². The third kappa shape index (κ3) is 4.68. The van der Waals surface area contributed by atoms with E-state index in [1.54, 1.807) is 19.9 Å². The van der Waals surface area contributed by atoms with E-state index < -0.39 is 21.5 Å². The number of fused-ring (bicyclic) bond motifs is 1. The smallest absolute Gasteiger partial charge is 0.252 e. The Morgan fingerprint density at radius 1 is 1.06 bits per heavy atom. The molecule has 2 aromatic carbocycles. The van der Waals surface area contributed by atoms with Gasteiger partial charge in [0.2, 0.25) is 10.0 Å². The molecule has 0 radical (unpaired) electrons. The summed E-state index contributed by atoms with van der Waals surface area (Å²) < 4.78 is 44.0. The lowest BCUT2D eigenvalue weighted by Gasteiger charge is -2.29. The predicted octanol–water partition coefficient (Wildman–Crippen LogP) is 3.16. The molecule has 0 atom stereocenters. The van der Waals surface area contributed by atoms with Crippen molar-refractivity contribution in [3.8, 4) is 17.2 Å². The molecular weight excluding hydrogens is 432 g/mol. The van der Waals surface area contributed by atoms with Gasteiger partial charge in [-0.15, -0.1) is 0 Å². The van der Waals surface area contributed by atoms with Crippen molar-refractivity contribution in [2.24, 2.45) is 0 Å². The molecule has 8 nitrogen and oxygen atoms in total. The van der Waals surface area contributed by atoms with E-state index >= 15 is 0 Å². The first kappa shape index (κ1) is 23.9. The third-order valence-corrected chi connectivity index (χ3v) is 7.51. The predicted molar refractivity (Wildman–Crippen MR) is 121 cm³/mol. The SMILES string of the molecule is CCN(CC)S(=O)(=O)c1cc(C(=O)NC(C)(C)c2ccc3c(c2)OCCO3)ccc1OC. The number of hydrogen-bond acceptors (Lipinski definition) is 6. The number of rotatable bonds is 8. The molecule has 2 aromatic rings. The van der Waals surface area contributed by atoms with Gasteiger partial charge < -0.3 is 19.5 Å². The van der Waals surface area contributed by atoms with E-state index in [0.717, 1.165) is 5.56 Å². The minimum Gasteiger partial charge on any atom is -0.495 e. The molecule has 0 bridgehead atoms. The third-order valence-electron chi connectivity index (χ3n) is 5.44. The number of methoxy groups -OCH3 is 1. The van der Waals surface area contributed by atoms with Crippen LogP contribution < -0.4 is 19.5 Å². The molecule has 0 spiro atoms. The molecule has 1 aliphatic rings. The van der Waals surface area contributed by atoms with Crippen LogP contribution in [0.3, 0.4) is 0 Å². The summed E-state index contributed by atoms with van der Waals surface area (Å²) in [7, 11) is -2.40. The zero-order valence-electron chi connectivity index (χ0n) is 19.1. The van der Waals surface area contributed by atoms with Crippen LogP contribution in [0, 0.1) is 0 Å². The molecule has 9 heteroatoms. The Kier molecular flexibility index (Phi) is 7.00. The molecule has 0 aromatic heterocycles. The lowest BCUT2D eigenvalue weighted by atomic mass is 9.93. The number of nitrogens with one attached hydrogen (secondary N) is 1. The molecule has 0 fully saturated rings. The lowest BCUT2D eigenvalue weighted by Crippen LogP contribution is -2.41. The van der Waals surface area contributed by atoms with Crippen molar-refractivity contribution in [2.75, 3.05) is 33.4 Å². The molecule has 0 saturated heterocycles. The average Bonchev–Trinajstić information content (AvgIpc) is 2.78. The van der Waals surface area contributed by atoms with Crippen molar-refractivity contribution in [3.05, 3.63) is 47.5 Å². The van der Waals surface area contributed by atoms with Gasteiger partial charge in [-0.1, -0.05) is 19.9 Å². The van der Waals surface area contributed by atoms with Gasteiger partial charge in [0.15, 0.2) is 11.5 Å². The van der Waals surface area contributed by atoms with E-state index in [1.807, 2.05) is 32.0 Å². The molecule has 0 aliphatic carbocycles. The summed E-state index contributed by atoms with van der Waals surface area (Å²) >= 11 is 0. The van der Waals surface area contributed by atoms with Gasteiger partial charge in [-0.3, -0.25) is 4.79 Å². The zero-order valence-corrected chi connectivity index (χ0v) is 19.9. The second-order valence-electron chi connectivity index (χ2n) is 7.89. The van der Waals surface area contributed by atoms with E-state index in [2.05, 4.69) is 5.32 Å². The number of carbonyl (C=O) groups is 1. The molecule has 1 amide bonds. The van der Waals surface area contributed by atoms with Gasteiger partial charge in [0, 0.05) is 18.7 Å². The maximum atomic E-state index is 13.1. The number of ether oxygens (including phenoxy) is 3. The van der Waals surface area contributed by atoms with E-state index in [-0.39, 0.29) is 16.2 Å². The van der Waals surface area contributed by atoms with Crippen LogP contribution in [-0.2, 0) is 15.6 Å². The number of benzene rings is 2. The number of hydrogen-bond donors (Lipinski definition) is 1. The summed E-state index contributed by atoms with van der Waals surface area (Å²) in [5.41, 5.74) is 0.312. The topological polar surface area (TPSA) is 94.2 Å². The highest BCUT2D eigenvalue weighted by atomic mass is 32.2. The summed E-state index contributed by atoms with van der Waals surface area (Å²) in [4.78, 5) is 13.1. The Labute approximate surface area is 189 Å². The van der Waals surface area contributed by atoms with Crippen molar-refractivity contribution in [1.82, 2.24) is 9.62 Å². The van der Waals surface area contributed by atoms with Crippen molar-refractivity contribution < 1.29 is 27.4 Å². The highest BCUT2D eigenvalue weighted by Crippen LogP contribution is 2.34. The van der Waals surface area contributed by atoms with Crippen LogP contribution in [-0.4, -0.2) is 52.0 Å². The van der Waals surface area contributed by atoms with Crippen molar-refractivity contribution in [3.63, 3.8) is 0 Å². The minimum absolute atomic E-state index is 0.0338. The summed E-state index contributed by atoms with van der Waals surface area (Å²) in [5.74, 6) is 1.10.